The van der Waals surface area contributed by atoms with Crippen molar-refractivity contribution < 1.29 is 4.74 Å². The number of rotatable bonds is 5. The second-order valence-corrected chi connectivity index (χ2v) is 4.34. The lowest BCUT2D eigenvalue weighted by Crippen LogP contribution is -2.11. The molecule has 1 N–H and O–H groups in total. The molecule has 0 aliphatic heterocycles. The van der Waals surface area contributed by atoms with Crippen LogP contribution in [0.5, 0.6) is 11.5 Å². The van der Waals surface area contributed by atoms with Gasteiger partial charge in [-0.05, 0) is 43.3 Å². The predicted octanol–water partition coefficient (Wildman–Crippen LogP) is 3.90. The van der Waals surface area contributed by atoms with Crippen molar-refractivity contribution in [2.45, 2.75) is 20.4 Å². The molecule has 0 atom stereocenters. The van der Waals surface area contributed by atoms with Crippen LogP contribution in [0.25, 0.3) is 0 Å². The van der Waals surface area contributed by atoms with E-state index in [0.717, 1.165) is 24.6 Å². The summed E-state index contributed by atoms with van der Waals surface area (Å²) in [5, 5.41) is 3.30. The maximum absolute atomic E-state index is 5.77. The lowest BCUT2D eigenvalue weighted by Gasteiger charge is -2.07. The van der Waals surface area contributed by atoms with Crippen LogP contribution < -0.4 is 10.1 Å². The Morgan fingerprint density at radius 2 is 1.44 bits per heavy atom. The van der Waals surface area contributed by atoms with Gasteiger partial charge in [0, 0.05) is 6.54 Å². The Morgan fingerprint density at radius 3 is 2.00 bits per heavy atom. The summed E-state index contributed by atoms with van der Waals surface area (Å²) in [6.45, 7) is 6.07. The van der Waals surface area contributed by atoms with Crippen LogP contribution >= 0.6 is 0 Å². The summed E-state index contributed by atoms with van der Waals surface area (Å²) in [5.74, 6) is 1.75. The number of hydrogen-bond donors (Lipinski definition) is 1. The number of benzene rings is 2. The summed E-state index contributed by atoms with van der Waals surface area (Å²) in [5.41, 5.74) is 2.51. The minimum absolute atomic E-state index is 0.874. The van der Waals surface area contributed by atoms with Crippen LogP contribution in [0.15, 0.2) is 48.5 Å². The van der Waals surface area contributed by atoms with Gasteiger partial charge < -0.3 is 10.1 Å². The van der Waals surface area contributed by atoms with E-state index in [-0.39, 0.29) is 0 Å². The fourth-order valence-electron chi connectivity index (χ4n) is 1.69. The van der Waals surface area contributed by atoms with Gasteiger partial charge in [0.25, 0.3) is 0 Å². The molecule has 2 aromatic rings. The molecule has 94 valence electrons. The van der Waals surface area contributed by atoms with Gasteiger partial charge >= 0.3 is 0 Å². The number of hydrogen-bond acceptors (Lipinski definition) is 2. The first-order valence-corrected chi connectivity index (χ1v) is 6.32. The third-order valence-electron chi connectivity index (χ3n) is 2.76. The first-order chi connectivity index (χ1) is 8.78. The Kier molecular flexibility index (Phi) is 4.37. The molecule has 0 aliphatic carbocycles. The van der Waals surface area contributed by atoms with Gasteiger partial charge in [-0.3, -0.25) is 0 Å². The minimum Gasteiger partial charge on any atom is -0.457 e. The first kappa shape index (κ1) is 12.7. The quantitative estimate of drug-likeness (QED) is 0.857. The van der Waals surface area contributed by atoms with E-state index in [9.17, 15) is 0 Å². The molecule has 0 heterocycles. The Morgan fingerprint density at radius 1 is 0.889 bits per heavy atom. The van der Waals surface area contributed by atoms with Crippen molar-refractivity contribution in [2.75, 3.05) is 6.54 Å². The molecular formula is C16H19NO. The highest BCUT2D eigenvalue weighted by Gasteiger charge is 1.97. The van der Waals surface area contributed by atoms with Gasteiger partial charge in [0.1, 0.15) is 11.5 Å². The molecule has 2 rings (SSSR count). The number of ether oxygens (including phenoxy) is 1. The third-order valence-corrected chi connectivity index (χ3v) is 2.76. The zero-order valence-electron chi connectivity index (χ0n) is 10.9. The highest BCUT2D eigenvalue weighted by atomic mass is 16.5. The van der Waals surface area contributed by atoms with Crippen LogP contribution in [0.1, 0.15) is 18.1 Å². The van der Waals surface area contributed by atoms with E-state index in [2.05, 4.69) is 43.4 Å². The molecule has 0 unspecified atom stereocenters. The topological polar surface area (TPSA) is 21.3 Å². The minimum atomic E-state index is 0.874. The van der Waals surface area contributed by atoms with Crippen LogP contribution in [0, 0.1) is 6.92 Å². The van der Waals surface area contributed by atoms with Crippen molar-refractivity contribution in [3.8, 4) is 11.5 Å². The Labute approximate surface area is 109 Å². The van der Waals surface area contributed by atoms with Gasteiger partial charge in [0.15, 0.2) is 0 Å². The molecule has 2 aromatic carbocycles. The largest absolute Gasteiger partial charge is 0.457 e. The smallest absolute Gasteiger partial charge is 0.127 e. The Hall–Kier alpha value is -1.80. The van der Waals surface area contributed by atoms with E-state index >= 15 is 0 Å². The molecular weight excluding hydrogens is 222 g/mol. The van der Waals surface area contributed by atoms with E-state index in [1.54, 1.807) is 0 Å². The van der Waals surface area contributed by atoms with Crippen molar-refractivity contribution in [2.24, 2.45) is 0 Å². The monoisotopic (exact) mass is 241 g/mol. The lowest BCUT2D eigenvalue weighted by molar-refractivity contribution is 0.482. The summed E-state index contributed by atoms with van der Waals surface area (Å²) in [7, 11) is 0. The molecule has 0 spiro atoms. The maximum atomic E-state index is 5.77. The average Bonchev–Trinajstić information content (AvgIpc) is 2.41. The highest BCUT2D eigenvalue weighted by molar-refractivity contribution is 5.34. The summed E-state index contributed by atoms with van der Waals surface area (Å²) < 4.78 is 5.77. The summed E-state index contributed by atoms with van der Waals surface area (Å²) in [4.78, 5) is 0. The van der Waals surface area contributed by atoms with Crippen LogP contribution in [0.4, 0.5) is 0 Å². The van der Waals surface area contributed by atoms with Gasteiger partial charge in [0.05, 0.1) is 0 Å². The van der Waals surface area contributed by atoms with Crippen LogP contribution in [0.2, 0.25) is 0 Å². The van der Waals surface area contributed by atoms with E-state index < -0.39 is 0 Å². The second kappa shape index (κ2) is 6.22. The zero-order chi connectivity index (χ0) is 12.8. The number of aryl methyl sites for hydroxylation is 1. The molecule has 0 aromatic heterocycles. The SMILES string of the molecule is CCNCc1ccc(Oc2ccc(C)cc2)cc1. The molecule has 2 nitrogen and oxygen atoms in total. The number of nitrogens with one attached hydrogen (secondary N) is 1. The normalized spacial score (nSPS) is 10.3. The molecule has 18 heavy (non-hydrogen) atoms. The van der Waals surface area contributed by atoms with Crippen molar-refractivity contribution in [1.29, 1.82) is 0 Å². The van der Waals surface area contributed by atoms with Crippen molar-refractivity contribution in [1.82, 2.24) is 5.32 Å². The van der Waals surface area contributed by atoms with Crippen LogP contribution in [-0.4, -0.2) is 6.54 Å². The average molecular weight is 241 g/mol. The van der Waals surface area contributed by atoms with Crippen LogP contribution in [0.3, 0.4) is 0 Å². The zero-order valence-corrected chi connectivity index (χ0v) is 10.9. The standard InChI is InChI=1S/C16H19NO/c1-3-17-12-14-6-10-16(11-7-14)18-15-8-4-13(2)5-9-15/h4-11,17H,3,12H2,1-2H3. The van der Waals surface area contributed by atoms with Gasteiger partial charge in [-0.25, -0.2) is 0 Å². The third kappa shape index (κ3) is 3.60. The summed E-state index contributed by atoms with van der Waals surface area (Å²) >= 11 is 0. The highest BCUT2D eigenvalue weighted by Crippen LogP contribution is 2.21. The van der Waals surface area contributed by atoms with E-state index in [0.29, 0.717) is 0 Å². The summed E-state index contributed by atoms with van der Waals surface area (Å²) in [6.07, 6.45) is 0. The van der Waals surface area contributed by atoms with Crippen molar-refractivity contribution in [3.05, 3.63) is 59.7 Å². The first-order valence-electron chi connectivity index (χ1n) is 6.32. The Balaban J connectivity index is 1.99. The summed E-state index contributed by atoms with van der Waals surface area (Å²) in [6, 6.07) is 16.3. The van der Waals surface area contributed by atoms with Crippen molar-refractivity contribution in [3.63, 3.8) is 0 Å². The molecule has 0 aliphatic rings. The van der Waals surface area contributed by atoms with Gasteiger partial charge in [-0.15, -0.1) is 0 Å². The van der Waals surface area contributed by atoms with E-state index in [1.165, 1.54) is 11.1 Å². The fourth-order valence-corrected chi connectivity index (χ4v) is 1.69. The molecule has 0 saturated heterocycles. The van der Waals surface area contributed by atoms with Gasteiger partial charge in [0.2, 0.25) is 0 Å². The van der Waals surface area contributed by atoms with E-state index in [1.807, 2.05) is 24.3 Å². The van der Waals surface area contributed by atoms with E-state index in [4.69, 9.17) is 4.74 Å². The van der Waals surface area contributed by atoms with Crippen molar-refractivity contribution >= 4 is 0 Å². The maximum Gasteiger partial charge on any atom is 0.127 e. The molecule has 0 bridgehead atoms. The molecule has 0 amide bonds. The molecule has 2 heteroatoms. The second-order valence-electron chi connectivity index (χ2n) is 4.34. The van der Waals surface area contributed by atoms with Gasteiger partial charge in [-0.2, -0.15) is 0 Å². The predicted molar refractivity (Wildman–Crippen MR) is 75.1 cm³/mol. The molecule has 0 saturated carbocycles. The lowest BCUT2D eigenvalue weighted by atomic mass is 10.2. The fraction of sp³-hybridized carbons (Fsp3) is 0.250. The Bertz CT molecular complexity index is 473. The molecule has 0 fully saturated rings. The molecule has 0 radical (unpaired) electrons. The van der Waals surface area contributed by atoms with Crippen LogP contribution in [-0.2, 0) is 6.54 Å². The van der Waals surface area contributed by atoms with Gasteiger partial charge in [-0.1, -0.05) is 36.8 Å².